The van der Waals surface area contributed by atoms with Gasteiger partial charge in [-0.15, -0.1) is 0 Å². The molecule has 0 aliphatic heterocycles. The van der Waals surface area contributed by atoms with Crippen LogP contribution in [0.1, 0.15) is 5.76 Å². The van der Waals surface area contributed by atoms with Crippen LogP contribution in [0.2, 0.25) is 0 Å². The number of rotatable bonds is 5. The van der Waals surface area contributed by atoms with E-state index in [9.17, 15) is 10.1 Å². The molecule has 1 N–H and O–H groups in total. The quantitative estimate of drug-likeness (QED) is 0.662. The van der Waals surface area contributed by atoms with Gasteiger partial charge in [0.25, 0.3) is 0 Å². The van der Waals surface area contributed by atoms with Crippen molar-refractivity contribution in [2.45, 2.75) is 6.54 Å². The van der Waals surface area contributed by atoms with E-state index in [0.717, 1.165) is 11.4 Å². The van der Waals surface area contributed by atoms with Crippen LogP contribution in [-0.2, 0) is 6.54 Å². The van der Waals surface area contributed by atoms with Gasteiger partial charge in [-0.05, 0) is 30.3 Å². The molecule has 19 heavy (non-hydrogen) atoms. The third-order valence-electron chi connectivity index (χ3n) is 2.68. The maximum Gasteiger partial charge on any atom is 0.433 e. The number of hydrogen-bond acceptors (Lipinski definition) is 5. The molecule has 2 rings (SSSR count). The molecule has 0 amide bonds. The molecule has 1 aromatic heterocycles. The van der Waals surface area contributed by atoms with Gasteiger partial charge in [0.2, 0.25) is 0 Å². The van der Waals surface area contributed by atoms with E-state index in [1.54, 1.807) is 6.07 Å². The summed E-state index contributed by atoms with van der Waals surface area (Å²) in [6, 6.07) is 10.8. The number of hydrogen-bond donors (Lipinski definition) is 1. The molecule has 0 saturated heterocycles. The molecule has 1 aromatic carbocycles. The van der Waals surface area contributed by atoms with Gasteiger partial charge in [0.05, 0.1) is 12.6 Å². The standard InChI is InChI=1S/C13H15N3O3/c1-15(2)11-5-3-10(4-6-11)14-9-12-7-8-13(19-12)16(17)18/h3-8,14H,9H2,1-2H3. The fourth-order valence-electron chi connectivity index (χ4n) is 1.63. The molecule has 6 heteroatoms. The molecular weight excluding hydrogens is 246 g/mol. The Balaban J connectivity index is 1.96. The van der Waals surface area contributed by atoms with Crippen molar-refractivity contribution >= 4 is 17.3 Å². The van der Waals surface area contributed by atoms with Gasteiger partial charge in [0.1, 0.15) is 10.7 Å². The summed E-state index contributed by atoms with van der Waals surface area (Å²) in [5.41, 5.74) is 2.05. The molecule has 0 aliphatic carbocycles. The highest BCUT2D eigenvalue weighted by atomic mass is 16.6. The minimum absolute atomic E-state index is 0.236. The highest BCUT2D eigenvalue weighted by molar-refractivity contribution is 5.54. The number of nitrogens with zero attached hydrogens (tertiary/aromatic N) is 2. The zero-order valence-electron chi connectivity index (χ0n) is 10.8. The van der Waals surface area contributed by atoms with E-state index in [1.165, 1.54) is 6.07 Å². The number of furan rings is 1. The summed E-state index contributed by atoms with van der Waals surface area (Å²) in [5.74, 6) is 0.295. The third kappa shape index (κ3) is 3.25. The molecular formula is C13H15N3O3. The molecule has 6 nitrogen and oxygen atoms in total. The molecule has 0 aliphatic rings. The maximum absolute atomic E-state index is 10.5. The average molecular weight is 261 g/mol. The van der Waals surface area contributed by atoms with E-state index < -0.39 is 4.92 Å². The van der Waals surface area contributed by atoms with Gasteiger partial charge in [-0.3, -0.25) is 10.1 Å². The first-order chi connectivity index (χ1) is 9.06. The largest absolute Gasteiger partial charge is 0.433 e. The normalized spacial score (nSPS) is 10.2. The lowest BCUT2D eigenvalue weighted by molar-refractivity contribution is -0.402. The predicted molar refractivity (Wildman–Crippen MR) is 73.5 cm³/mol. The lowest BCUT2D eigenvalue weighted by Crippen LogP contribution is -2.08. The minimum atomic E-state index is -0.546. The summed E-state index contributed by atoms with van der Waals surface area (Å²) in [4.78, 5) is 11.9. The Kier molecular flexibility index (Phi) is 3.70. The molecule has 0 radical (unpaired) electrons. The fourth-order valence-corrected chi connectivity index (χ4v) is 1.63. The minimum Gasteiger partial charge on any atom is -0.404 e. The second-order valence-electron chi connectivity index (χ2n) is 4.29. The summed E-state index contributed by atoms with van der Waals surface area (Å²) < 4.78 is 5.06. The second kappa shape index (κ2) is 5.43. The molecule has 1 heterocycles. The molecule has 2 aromatic rings. The Hall–Kier alpha value is -2.50. The maximum atomic E-state index is 10.5. The van der Waals surface area contributed by atoms with E-state index in [4.69, 9.17) is 4.42 Å². The van der Waals surface area contributed by atoms with Crippen LogP contribution in [0.25, 0.3) is 0 Å². The zero-order valence-corrected chi connectivity index (χ0v) is 10.8. The first kappa shape index (κ1) is 12.9. The highest BCUT2D eigenvalue weighted by Gasteiger charge is 2.11. The SMILES string of the molecule is CN(C)c1ccc(NCc2ccc([N+](=O)[O-])o2)cc1. The van der Waals surface area contributed by atoms with Gasteiger partial charge in [-0.2, -0.15) is 0 Å². The van der Waals surface area contributed by atoms with Gasteiger partial charge < -0.3 is 14.6 Å². The van der Waals surface area contributed by atoms with Crippen LogP contribution in [-0.4, -0.2) is 19.0 Å². The highest BCUT2D eigenvalue weighted by Crippen LogP contribution is 2.19. The van der Waals surface area contributed by atoms with Gasteiger partial charge in [-0.1, -0.05) is 0 Å². The van der Waals surface area contributed by atoms with E-state index in [0.29, 0.717) is 12.3 Å². The fraction of sp³-hybridized carbons (Fsp3) is 0.231. The molecule has 0 fully saturated rings. The van der Waals surface area contributed by atoms with Crippen molar-refractivity contribution in [3.05, 3.63) is 52.3 Å². The van der Waals surface area contributed by atoms with E-state index in [2.05, 4.69) is 5.32 Å². The number of nitro groups is 1. The van der Waals surface area contributed by atoms with Crippen molar-refractivity contribution in [2.24, 2.45) is 0 Å². The number of nitrogens with one attached hydrogen (secondary N) is 1. The Morgan fingerprint density at radius 3 is 2.42 bits per heavy atom. The van der Waals surface area contributed by atoms with Crippen LogP contribution in [0, 0.1) is 10.1 Å². The summed E-state index contributed by atoms with van der Waals surface area (Å²) in [6.45, 7) is 0.412. The van der Waals surface area contributed by atoms with Crippen LogP contribution in [0.15, 0.2) is 40.8 Å². The molecule has 0 bridgehead atoms. The Morgan fingerprint density at radius 2 is 1.89 bits per heavy atom. The van der Waals surface area contributed by atoms with Crippen molar-refractivity contribution < 1.29 is 9.34 Å². The van der Waals surface area contributed by atoms with Crippen LogP contribution < -0.4 is 10.2 Å². The van der Waals surface area contributed by atoms with Crippen molar-refractivity contribution in [3.8, 4) is 0 Å². The van der Waals surface area contributed by atoms with Crippen molar-refractivity contribution in [1.82, 2.24) is 0 Å². The van der Waals surface area contributed by atoms with Gasteiger partial charge >= 0.3 is 5.88 Å². The zero-order chi connectivity index (χ0) is 13.8. The Labute approximate surface area is 110 Å². The van der Waals surface area contributed by atoms with Crippen molar-refractivity contribution in [1.29, 1.82) is 0 Å². The molecule has 100 valence electrons. The topological polar surface area (TPSA) is 71.5 Å². The van der Waals surface area contributed by atoms with E-state index in [-0.39, 0.29) is 5.88 Å². The van der Waals surface area contributed by atoms with Crippen LogP contribution in [0.4, 0.5) is 17.3 Å². The first-order valence-corrected chi connectivity index (χ1v) is 5.80. The lowest BCUT2D eigenvalue weighted by atomic mass is 10.2. The number of benzene rings is 1. The molecule has 0 spiro atoms. The van der Waals surface area contributed by atoms with Crippen LogP contribution in [0.3, 0.4) is 0 Å². The van der Waals surface area contributed by atoms with Crippen LogP contribution in [0.5, 0.6) is 0 Å². The summed E-state index contributed by atoms with van der Waals surface area (Å²) >= 11 is 0. The van der Waals surface area contributed by atoms with Gasteiger partial charge in [0.15, 0.2) is 0 Å². The molecule has 0 unspecified atom stereocenters. The third-order valence-corrected chi connectivity index (χ3v) is 2.68. The van der Waals surface area contributed by atoms with Crippen LogP contribution >= 0.6 is 0 Å². The molecule has 0 saturated carbocycles. The summed E-state index contributed by atoms with van der Waals surface area (Å²) in [7, 11) is 3.95. The number of anilines is 2. The average Bonchev–Trinajstić information content (AvgIpc) is 2.86. The molecule has 0 atom stereocenters. The Bertz CT molecular complexity index is 561. The predicted octanol–water partition coefficient (Wildman–Crippen LogP) is 2.87. The second-order valence-corrected chi connectivity index (χ2v) is 4.29. The summed E-state index contributed by atoms with van der Waals surface area (Å²) in [6.07, 6.45) is 0. The monoisotopic (exact) mass is 261 g/mol. The van der Waals surface area contributed by atoms with E-state index >= 15 is 0 Å². The Morgan fingerprint density at radius 1 is 1.21 bits per heavy atom. The first-order valence-electron chi connectivity index (χ1n) is 5.80. The smallest absolute Gasteiger partial charge is 0.404 e. The van der Waals surface area contributed by atoms with Crippen molar-refractivity contribution in [3.63, 3.8) is 0 Å². The van der Waals surface area contributed by atoms with Crippen molar-refractivity contribution in [2.75, 3.05) is 24.3 Å². The summed E-state index contributed by atoms with van der Waals surface area (Å²) in [5, 5.41) is 13.6. The lowest BCUT2D eigenvalue weighted by Gasteiger charge is -2.13. The van der Waals surface area contributed by atoms with Gasteiger partial charge in [-0.25, -0.2) is 0 Å². The van der Waals surface area contributed by atoms with E-state index in [1.807, 2.05) is 43.3 Å². The van der Waals surface area contributed by atoms with Gasteiger partial charge in [0, 0.05) is 25.5 Å².